The first-order valence-corrected chi connectivity index (χ1v) is 6.29. The van der Waals surface area contributed by atoms with E-state index in [9.17, 15) is 9.59 Å². The van der Waals surface area contributed by atoms with Gasteiger partial charge in [-0.25, -0.2) is 14.8 Å². The van der Waals surface area contributed by atoms with Crippen molar-refractivity contribution in [2.24, 2.45) is 5.92 Å². The Balaban J connectivity index is 1.98. The van der Waals surface area contributed by atoms with E-state index in [4.69, 9.17) is 9.94 Å². The van der Waals surface area contributed by atoms with Crippen LogP contribution in [0.25, 0.3) is 0 Å². The minimum Gasteiger partial charge on any atom is -0.481 e. The quantitative estimate of drug-likeness (QED) is 0.809. The van der Waals surface area contributed by atoms with Crippen LogP contribution in [0.3, 0.4) is 0 Å². The van der Waals surface area contributed by atoms with Crippen molar-refractivity contribution in [1.82, 2.24) is 9.97 Å². The molecule has 1 aliphatic rings. The van der Waals surface area contributed by atoms with Crippen LogP contribution in [0, 0.1) is 5.92 Å². The summed E-state index contributed by atoms with van der Waals surface area (Å²) in [5.41, 5.74) is 0.533. The average Bonchev–Trinajstić information content (AvgIpc) is 2.39. The van der Waals surface area contributed by atoms with E-state index < -0.39 is 11.7 Å². The third-order valence-corrected chi connectivity index (χ3v) is 3.15. The molecule has 0 bridgehead atoms. The van der Waals surface area contributed by atoms with Crippen molar-refractivity contribution in [3.05, 3.63) is 22.2 Å². The van der Waals surface area contributed by atoms with Crippen molar-refractivity contribution >= 4 is 11.8 Å². The molecule has 0 amide bonds. The lowest BCUT2D eigenvalue weighted by Crippen LogP contribution is -2.34. The van der Waals surface area contributed by atoms with Gasteiger partial charge in [-0.3, -0.25) is 14.6 Å². The van der Waals surface area contributed by atoms with Crippen LogP contribution in [-0.4, -0.2) is 34.2 Å². The number of fused-ring (bicyclic) bond motifs is 1. The summed E-state index contributed by atoms with van der Waals surface area (Å²) < 4.78 is 0. The molecule has 0 fully saturated rings. The Hall–Kier alpha value is -1.89. The number of H-pyrrole nitrogens is 1. The topological polar surface area (TPSA) is 95.5 Å². The molecule has 0 aromatic carbocycles. The van der Waals surface area contributed by atoms with Crippen LogP contribution in [0.15, 0.2) is 11.0 Å². The Bertz CT molecular complexity index is 514. The van der Waals surface area contributed by atoms with Gasteiger partial charge in [0.1, 0.15) is 5.82 Å². The highest BCUT2D eigenvalue weighted by Crippen LogP contribution is 2.21. The number of hydrogen-bond donors (Lipinski definition) is 2. The molecule has 104 valence electrons. The first-order valence-electron chi connectivity index (χ1n) is 6.29. The van der Waals surface area contributed by atoms with Gasteiger partial charge in [0.15, 0.2) is 0 Å². The van der Waals surface area contributed by atoms with Crippen molar-refractivity contribution in [2.45, 2.75) is 26.2 Å². The van der Waals surface area contributed by atoms with Crippen molar-refractivity contribution in [3.63, 3.8) is 0 Å². The number of carboxylic acids is 1. The Morgan fingerprint density at radius 3 is 3.21 bits per heavy atom. The molecular formula is C12H17N3O4. The predicted octanol–water partition coefficient (Wildman–Crippen LogP) is 0.565. The number of nitrogens with zero attached hydrogens (tertiary/aromatic N) is 2. The van der Waals surface area contributed by atoms with E-state index in [2.05, 4.69) is 9.97 Å². The molecule has 0 spiro atoms. The summed E-state index contributed by atoms with van der Waals surface area (Å²) in [6.07, 6.45) is 3.52. The van der Waals surface area contributed by atoms with Gasteiger partial charge in [-0.05, 0) is 12.8 Å². The maximum atomic E-state index is 11.2. The lowest BCUT2D eigenvalue weighted by Gasteiger charge is -2.29. The molecule has 1 unspecified atom stereocenters. The molecule has 7 heteroatoms. The van der Waals surface area contributed by atoms with Gasteiger partial charge in [0.2, 0.25) is 0 Å². The molecule has 1 aliphatic heterocycles. The number of nitrogens with one attached hydrogen (secondary N) is 1. The molecule has 0 saturated heterocycles. The van der Waals surface area contributed by atoms with Crippen molar-refractivity contribution in [2.75, 3.05) is 18.2 Å². The smallest absolute Gasteiger partial charge is 0.346 e. The SMILES string of the molecule is CC(CCCN1OCCc2cnc(=O)[nH]c21)C(=O)O. The fraction of sp³-hybridized carbons (Fsp3) is 0.583. The number of carbonyl (C=O) groups is 1. The molecule has 1 aromatic heterocycles. The molecule has 7 nitrogen and oxygen atoms in total. The second-order valence-corrected chi connectivity index (χ2v) is 4.63. The van der Waals surface area contributed by atoms with E-state index in [1.54, 1.807) is 18.2 Å². The molecule has 1 aromatic rings. The normalized spacial score (nSPS) is 15.9. The van der Waals surface area contributed by atoms with Gasteiger partial charge in [-0.2, -0.15) is 0 Å². The highest BCUT2D eigenvalue weighted by atomic mass is 16.7. The standard InChI is InChI=1S/C12H17N3O4/c1-8(11(16)17)3-2-5-15-10-9(4-6-19-15)7-13-12(18)14-10/h7-8H,2-6H2,1H3,(H,16,17)(H,13,14,18). The van der Waals surface area contributed by atoms with Gasteiger partial charge < -0.3 is 5.11 Å². The van der Waals surface area contributed by atoms with E-state index in [1.165, 1.54) is 0 Å². The Morgan fingerprint density at radius 1 is 1.68 bits per heavy atom. The zero-order chi connectivity index (χ0) is 13.8. The van der Waals surface area contributed by atoms with Crippen LogP contribution in [0.1, 0.15) is 25.3 Å². The van der Waals surface area contributed by atoms with E-state index in [0.29, 0.717) is 38.2 Å². The maximum absolute atomic E-state index is 11.2. The lowest BCUT2D eigenvalue weighted by molar-refractivity contribution is -0.141. The van der Waals surface area contributed by atoms with Crippen LogP contribution < -0.4 is 10.8 Å². The largest absolute Gasteiger partial charge is 0.481 e. The minimum atomic E-state index is -0.794. The molecule has 2 heterocycles. The lowest BCUT2D eigenvalue weighted by atomic mass is 10.1. The van der Waals surface area contributed by atoms with Crippen LogP contribution >= 0.6 is 0 Å². The van der Waals surface area contributed by atoms with Crippen LogP contribution in [0.2, 0.25) is 0 Å². The number of hydrogen-bond acceptors (Lipinski definition) is 5. The Morgan fingerprint density at radius 2 is 2.47 bits per heavy atom. The molecule has 2 rings (SSSR count). The zero-order valence-electron chi connectivity index (χ0n) is 10.8. The van der Waals surface area contributed by atoms with Gasteiger partial charge in [-0.15, -0.1) is 0 Å². The fourth-order valence-corrected chi connectivity index (χ4v) is 1.99. The van der Waals surface area contributed by atoms with Crippen LogP contribution in [-0.2, 0) is 16.1 Å². The molecule has 0 aliphatic carbocycles. The van der Waals surface area contributed by atoms with Gasteiger partial charge in [0, 0.05) is 24.7 Å². The third kappa shape index (κ3) is 3.31. The summed E-state index contributed by atoms with van der Waals surface area (Å²) in [4.78, 5) is 33.8. The number of aliphatic carboxylic acids is 1. The number of hydroxylamine groups is 1. The zero-order valence-corrected chi connectivity index (χ0v) is 10.8. The highest BCUT2D eigenvalue weighted by Gasteiger charge is 2.19. The molecular weight excluding hydrogens is 250 g/mol. The number of aromatic amines is 1. The molecule has 19 heavy (non-hydrogen) atoms. The predicted molar refractivity (Wildman–Crippen MR) is 67.9 cm³/mol. The summed E-state index contributed by atoms with van der Waals surface area (Å²) >= 11 is 0. The second-order valence-electron chi connectivity index (χ2n) is 4.63. The average molecular weight is 267 g/mol. The summed E-state index contributed by atoms with van der Waals surface area (Å²) in [5, 5.41) is 10.4. The van der Waals surface area contributed by atoms with Crippen molar-refractivity contribution < 1.29 is 14.7 Å². The number of carboxylic acid groups (broad SMARTS) is 1. The third-order valence-electron chi connectivity index (χ3n) is 3.15. The second kappa shape index (κ2) is 5.83. The number of anilines is 1. The monoisotopic (exact) mass is 267 g/mol. The molecule has 1 atom stereocenters. The minimum absolute atomic E-state index is 0.374. The van der Waals surface area contributed by atoms with E-state index >= 15 is 0 Å². The van der Waals surface area contributed by atoms with E-state index in [-0.39, 0.29) is 5.92 Å². The van der Waals surface area contributed by atoms with Crippen LogP contribution in [0.4, 0.5) is 5.82 Å². The first kappa shape index (κ1) is 13.5. The number of rotatable bonds is 5. The Labute approximate surface area is 110 Å². The van der Waals surface area contributed by atoms with Gasteiger partial charge in [0.05, 0.1) is 12.5 Å². The fourth-order valence-electron chi connectivity index (χ4n) is 1.99. The maximum Gasteiger partial charge on any atom is 0.346 e. The van der Waals surface area contributed by atoms with Gasteiger partial charge in [-0.1, -0.05) is 6.92 Å². The molecule has 0 radical (unpaired) electrons. The molecule has 2 N–H and O–H groups in total. The summed E-state index contributed by atoms with van der Waals surface area (Å²) in [7, 11) is 0. The van der Waals surface area contributed by atoms with Crippen molar-refractivity contribution in [3.8, 4) is 0 Å². The highest BCUT2D eigenvalue weighted by molar-refractivity contribution is 5.69. The summed E-state index contributed by atoms with van der Waals surface area (Å²) in [5.74, 6) is -0.535. The van der Waals surface area contributed by atoms with Crippen LogP contribution in [0.5, 0.6) is 0 Å². The first-order chi connectivity index (χ1) is 9.08. The van der Waals surface area contributed by atoms with E-state index in [1.807, 2.05) is 0 Å². The van der Waals surface area contributed by atoms with Gasteiger partial charge >= 0.3 is 11.7 Å². The van der Waals surface area contributed by atoms with Crippen molar-refractivity contribution in [1.29, 1.82) is 0 Å². The van der Waals surface area contributed by atoms with E-state index in [0.717, 1.165) is 5.56 Å². The Kier molecular flexibility index (Phi) is 4.16. The summed E-state index contributed by atoms with van der Waals surface area (Å²) in [6, 6.07) is 0. The number of aromatic nitrogens is 2. The molecule has 0 saturated carbocycles. The summed E-state index contributed by atoms with van der Waals surface area (Å²) in [6.45, 7) is 2.76. The van der Waals surface area contributed by atoms with Gasteiger partial charge in [0.25, 0.3) is 0 Å².